The van der Waals surface area contributed by atoms with Gasteiger partial charge in [0.1, 0.15) is 23.0 Å². The third-order valence-electron chi connectivity index (χ3n) is 6.43. The van der Waals surface area contributed by atoms with Gasteiger partial charge in [0, 0.05) is 5.56 Å². The molecular formula is C30H30N2O8S. The van der Waals surface area contributed by atoms with Crippen LogP contribution in [0.2, 0.25) is 0 Å². The van der Waals surface area contributed by atoms with Crippen LogP contribution in [0.5, 0.6) is 17.2 Å². The summed E-state index contributed by atoms with van der Waals surface area (Å²) in [6.45, 7) is 9.22. The molecule has 4 rings (SSSR count). The Kier molecular flexibility index (Phi) is 8.77. The highest BCUT2D eigenvalue weighted by molar-refractivity contribution is 7.17. The van der Waals surface area contributed by atoms with Gasteiger partial charge in [-0.1, -0.05) is 30.1 Å². The largest absolute Gasteiger partial charge is 0.507 e. The lowest BCUT2D eigenvalue weighted by Crippen LogP contribution is -2.29. The quantitative estimate of drug-likeness (QED) is 0.114. The zero-order valence-electron chi connectivity index (χ0n) is 23.3. The normalized spacial score (nSPS) is 16.0. The number of carbonyl (C=O) groups is 3. The third-order valence-corrected chi connectivity index (χ3v) is 7.56. The Morgan fingerprint density at radius 3 is 2.44 bits per heavy atom. The van der Waals surface area contributed by atoms with E-state index in [-0.39, 0.29) is 27.9 Å². The van der Waals surface area contributed by atoms with Gasteiger partial charge in [-0.2, -0.15) is 0 Å². The fraction of sp³-hybridized carbons (Fsp3) is 0.267. The number of hydrogen-bond donors (Lipinski definition) is 1. The first-order valence-electron chi connectivity index (χ1n) is 12.7. The lowest BCUT2D eigenvalue weighted by atomic mass is 9.94. The Bertz CT molecular complexity index is 1560. The molecule has 0 spiro atoms. The van der Waals surface area contributed by atoms with Gasteiger partial charge in [0.15, 0.2) is 16.6 Å². The van der Waals surface area contributed by atoms with E-state index in [1.807, 2.05) is 0 Å². The van der Waals surface area contributed by atoms with Crippen LogP contribution in [0.4, 0.5) is 5.13 Å². The number of methoxy groups -OCH3 is 2. The topological polar surface area (TPSA) is 124 Å². The van der Waals surface area contributed by atoms with Crippen molar-refractivity contribution >= 4 is 39.9 Å². The number of nitrogens with zero attached hydrogens (tertiary/aromatic N) is 2. The number of hydrogen-bond acceptors (Lipinski definition) is 10. The van der Waals surface area contributed by atoms with Crippen molar-refractivity contribution in [3.63, 3.8) is 0 Å². The van der Waals surface area contributed by atoms with Crippen molar-refractivity contribution < 1.29 is 38.4 Å². The van der Waals surface area contributed by atoms with Gasteiger partial charge in [-0.3, -0.25) is 14.5 Å². The van der Waals surface area contributed by atoms with Crippen LogP contribution in [0.1, 0.15) is 45.0 Å². The molecule has 1 N–H and O–H groups in total. The zero-order chi connectivity index (χ0) is 29.8. The molecule has 0 aliphatic carbocycles. The van der Waals surface area contributed by atoms with Crippen molar-refractivity contribution in [2.24, 2.45) is 0 Å². The summed E-state index contributed by atoms with van der Waals surface area (Å²) in [5, 5.41) is 11.6. The van der Waals surface area contributed by atoms with E-state index < -0.39 is 23.7 Å². The molecule has 1 aromatic heterocycles. The summed E-state index contributed by atoms with van der Waals surface area (Å²) in [5.41, 5.74) is 1.69. The van der Waals surface area contributed by atoms with E-state index in [0.29, 0.717) is 46.2 Å². The van der Waals surface area contributed by atoms with Crippen molar-refractivity contribution in [2.75, 3.05) is 32.3 Å². The van der Waals surface area contributed by atoms with Gasteiger partial charge in [-0.25, -0.2) is 9.78 Å². The van der Waals surface area contributed by atoms with E-state index in [9.17, 15) is 19.5 Å². The van der Waals surface area contributed by atoms with E-state index in [1.54, 1.807) is 63.2 Å². The highest BCUT2D eigenvalue weighted by atomic mass is 32.1. The molecule has 41 heavy (non-hydrogen) atoms. The number of aryl methyl sites for hydroxylation is 2. The highest BCUT2D eigenvalue weighted by Crippen LogP contribution is 2.45. The van der Waals surface area contributed by atoms with Crippen LogP contribution in [0, 0.1) is 13.8 Å². The van der Waals surface area contributed by atoms with E-state index in [2.05, 4.69) is 11.6 Å². The number of carbonyl (C=O) groups excluding carboxylic acids is 3. The van der Waals surface area contributed by atoms with E-state index in [1.165, 1.54) is 19.1 Å². The second-order valence-corrected chi connectivity index (χ2v) is 9.97. The molecule has 2 heterocycles. The van der Waals surface area contributed by atoms with Crippen molar-refractivity contribution in [2.45, 2.75) is 26.8 Å². The Morgan fingerprint density at radius 1 is 1.10 bits per heavy atom. The maximum Gasteiger partial charge on any atom is 0.350 e. The number of thiazole rings is 1. The number of anilines is 1. The number of aliphatic hydroxyl groups is 1. The minimum Gasteiger partial charge on any atom is -0.507 e. The second-order valence-electron chi connectivity index (χ2n) is 8.99. The molecule has 1 atom stereocenters. The number of aromatic nitrogens is 1. The summed E-state index contributed by atoms with van der Waals surface area (Å²) in [4.78, 5) is 45.5. The molecule has 2 aromatic carbocycles. The summed E-state index contributed by atoms with van der Waals surface area (Å²) < 4.78 is 21.6. The maximum absolute atomic E-state index is 13.6. The molecule has 1 fully saturated rings. The Morgan fingerprint density at radius 2 is 1.80 bits per heavy atom. The van der Waals surface area contributed by atoms with Crippen LogP contribution in [0.3, 0.4) is 0 Å². The van der Waals surface area contributed by atoms with E-state index in [4.69, 9.17) is 18.9 Å². The molecule has 3 aromatic rings. The van der Waals surface area contributed by atoms with Crippen molar-refractivity contribution in [1.82, 2.24) is 4.98 Å². The maximum atomic E-state index is 13.6. The monoisotopic (exact) mass is 578 g/mol. The van der Waals surface area contributed by atoms with E-state index in [0.717, 1.165) is 11.3 Å². The molecule has 11 heteroatoms. The summed E-state index contributed by atoms with van der Waals surface area (Å²) in [6.07, 6.45) is 1.62. The summed E-state index contributed by atoms with van der Waals surface area (Å²) >= 11 is 0.931. The van der Waals surface area contributed by atoms with Gasteiger partial charge in [-0.15, -0.1) is 0 Å². The second kappa shape index (κ2) is 12.3. The SMILES string of the molecule is C=CCOc1ccc(C(O)=C2C(=O)C(=O)N(c3nc(C)c(C(=O)OCC)s3)[C@H]2c2ccc(OC)c(OC)c2)cc1C. The van der Waals surface area contributed by atoms with Crippen LogP contribution in [0.15, 0.2) is 54.6 Å². The molecule has 10 nitrogen and oxygen atoms in total. The first-order chi connectivity index (χ1) is 19.7. The molecule has 214 valence electrons. The summed E-state index contributed by atoms with van der Waals surface area (Å²) in [7, 11) is 2.96. The lowest BCUT2D eigenvalue weighted by Gasteiger charge is -2.24. The average Bonchev–Trinajstić information content (AvgIpc) is 3.47. The number of benzene rings is 2. The average molecular weight is 579 g/mol. The first kappa shape index (κ1) is 29.3. The van der Waals surface area contributed by atoms with Crippen molar-refractivity contribution in [3.8, 4) is 17.2 Å². The standard InChI is InChI=1S/C30H30N2O8S/c1-7-13-40-20-11-10-19(14-16(20)3)25(33)23-24(18-9-12-21(37-5)22(15-18)38-6)32(28(35)26(23)34)30-31-17(4)27(41-30)29(36)39-8-2/h7,9-12,14-15,24,33H,1,8,13H2,2-6H3/t24-/m0/s1. The van der Waals surface area contributed by atoms with Gasteiger partial charge in [0.2, 0.25) is 0 Å². The number of rotatable bonds is 10. The van der Waals surface area contributed by atoms with Gasteiger partial charge in [0.25, 0.3) is 5.78 Å². The predicted molar refractivity (Wildman–Crippen MR) is 154 cm³/mol. The van der Waals surface area contributed by atoms with Crippen LogP contribution in [-0.4, -0.2) is 55.2 Å². The van der Waals surface area contributed by atoms with Crippen LogP contribution in [-0.2, 0) is 14.3 Å². The van der Waals surface area contributed by atoms with Crippen LogP contribution >= 0.6 is 11.3 Å². The fourth-order valence-electron chi connectivity index (χ4n) is 4.50. The Labute approximate surface area is 241 Å². The molecule has 1 aliphatic heterocycles. The predicted octanol–water partition coefficient (Wildman–Crippen LogP) is 5.14. The molecule has 0 radical (unpaired) electrons. The number of esters is 1. The van der Waals surface area contributed by atoms with Crippen molar-refractivity contribution in [1.29, 1.82) is 0 Å². The number of aliphatic hydroxyl groups excluding tert-OH is 1. The van der Waals surface area contributed by atoms with Gasteiger partial charge in [-0.05, 0) is 62.2 Å². The number of amides is 1. The zero-order valence-corrected chi connectivity index (χ0v) is 24.2. The first-order valence-corrected chi connectivity index (χ1v) is 13.5. The molecular weight excluding hydrogens is 548 g/mol. The molecule has 0 unspecified atom stereocenters. The van der Waals surface area contributed by atoms with Crippen LogP contribution in [0.25, 0.3) is 5.76 Å². The number of Topliss-reactive ketones (excluding diaryl/α,β-unsaturated/α-hetero) is 1. The molecule has 1 amide bonds. The molecule has 0 saturated carbocycles. The summed E-state index contributed by atoms with van der Waals surface area (Å²) in [6, 6.07) is 8.78. The minimum atomic E-state index is -1.09. The van der Waals surface area contributed by atoms with Crippen LogP contribution < -0.4 is 19.1 Å². The van der Waals surface area contributed by atoms with E-state index >= 15 is 0 Å². The Hall–Kier alpha value is -4.64. The molecule has 1 aliphatic rings. The van der Waals surface area contributed by atoms with Crippen molar-refractivity contribution in [3.05, 3.63) is 81.9 Å². The Balaban J connectivity index is 1.92. The highest BCUT2D eigenvalue weighted by Gasteiger charge is 2.48. The lowest BCUT2D eigenvalue weighted by molar-refractivity contribution is -0.132. The molecule has 0 bridgehead atoms. The number of ether oxygens (including phenoxy) is 4. The minimum absolute atomic E-state index is 0.107. The van der Waals surface area contributed by atoms with Gasteiger partial charge >= 0.3 is 11.9 Å². The van der Waals surface area contributed by atoms with Gasteiger partial charge < -0.3 is 24.1 Å². The summed E-state index contributed by atoms with van der Waals surface area (Å²) in [5.74, 6) is -1.38. The van der Waals surface area contributed by atoms with Gasteiger partial charge in [0.05, 0.1) is 38.1 Å². The fourth-order valence-corrected chi connectivity index (χ4v) is 5.49. The number of ketones is 1. The third kappa shape index (κ3) is 5.53. The smallest absolute Gasteiger partial charge is 0.350 e. The molecule has 1 saturated heterocycles.